The van der Waals surface area contributed by atoms with Gasteiger partial charge in [0.05, 0.1) is 22.8 Å². The van der Waals surface area contributed by atoms with Crippen LogP contribution in [0.2, 0.25) is 0 Å². The highest BCUT2D eigenvalue weighted by Gasteiger charge is 2.43. The molecule has 0 aliphatic carbocycles. The first kappa shape index (κ1) is 13.9. The van der Waals surface area contributed by atoms with Crippen LogP contribution >= 0.6 is 0 Å². The second kappa shape index (κ2) is 5.07. The summed E-state index contributed by atoms with van der Waals surface area (Å²) in [6, 6.07) is 5.11. The van der Waals surface area contributed by atoms with Crippen LogP contribution in [0.4, 0.5) is 0 Å². The molecule has 0 unspecified atom stereocenters. The highest BCUT2D eigenvalue weighted by atomic mass is 16.2. The SMILES string of the molecule is N#Cc1ccc2c(c1)C(=O)N([C@H]1CCCC(=O)NC1=O)C2=O. The molecule has 0 saturated carbocycles. The molecule has 0 radical (unpaired) electrons. The van der Waals surface area contributed by atoms with Gasteiger partial charge in [-0.15, -0.1) is 0 Å². The van der Waals surface area contributed by atoms with Crippen molar-refractivity contribution in [1.82, 2.24) is 10.2 Å². The van der Waals surface area contributed by atoms with E-state index in [4.69, 9.17) is 5.26 Å². The average molecular weight is 297 g/mol. The second-order valence-electron chi connectivity index (χ2n) is 5.17. The van der Waals surface area contributed by atoms with Crippen LogP contribution in [-0.4, -0.2) is 34.6 Å². The van der Waals surface area contributed by atoms with Crippen LogP contribution in [0.25, 0.3) is 0 Å². The van der Waals surface area contributed by atoms with Gasteiger partial charge in [-0.25, -0.2) is 0 Å². The van der Waals surface area contributed by atoms with E-state index >= 15 is 0 Å². The minimum Gasteiger partial charge on any atom is -0.295 e. The molecule has 22 heavy (non-hydrogen) atoms. The Morgan fingerprint density at radius 2 is 1.86 bits per heavy atom. The average Bonchev–Trinajstić information content (AvgIpc) is 2.63. The maximum atomic E-state index is 12.4. The van der Waals surface area contributed by atoms with Crippen molar-refractivity contribution in [3.05, 3.63) is 34.9 Å². The number of rotatable bonds is 1. The molecule has 1 N–H and O–H groups in total. The maximum Gasteiger partial charge on any atom is 0.262 e. The molecule has 2 aliphatic rings. The zero-order chi connectivity index (χ0) is 15.9. The van der Waals surface area contributed by atoms with Gasteiger partial charge in [-0.3, -0.25) is 29.4 Å². The molecule has 4 amide bonds. The molecule has 0 spiro atoms. The van der Waals surface area contributed by atoms with E-state index in [0.717, 1.165) is 4.90 Å². The molecule has 1 saturated heterocycles. The van der Waals surface area contributed by atoms with Gasteiger partial charge in [0, 0.05) is 6.42 Å². The molecule has 110 valence electrons. The summed E-state index contributed by atoms with van der Waals surface area (Å²) in [5.41, 5.74) is 0.557. The Morgan fingerprint density at radius 3 is 2.59 bits per heavy atom. The summed E-state index contributed by atoms with van der Waals surface area (Å²) in [7, 11) is 0. The van der Waals surface area contributed by atoms with Crippen molar-refractivity contribution in [2.24, 2.45) is 0 Å². The lowest BCUT2D eigenvalue weighted by molar-refractivity contribution is -0.131. The molecule has 7 heteroatoms. The lowest BCUT2D eigenvalue weighted by Gasteiger charge is -2.22. The van der Waals surface area contributed by atoms with Gasteiger partial charge >= 0.3 is 0 Å². The van der Waals surface area contributed by atoms with Crippen molar-refractivity contribution in [3.8, 4) is 6.07 Å². The number of hydrogen-bond acceptors (Lipinski definition) is 5. The van der Waals surface area contributed by atoms with E-state index in [1.54, 1.807) is 0 Å². The topological polar surface area (TPSA) is 107 Å². The monoisotopic (exact) mass is 297 g/mol. The van der Waals surface area contributed by atoms with Crippen molar-refractivity contribution in [3.63, 3.8) is 0 Å². The highest BCUT2D eigenvalue weighted by Crippen LogP contribution is 2.28. The number of benzene rings is 1. The second-order valence-corrected chi connectivity index (χ2v) is 5.17. The molecule has 3 rings (SSSR count). The Kier molecular flexibility index (Phi) is 3.22. The molecule has 2 heterocycles. The van der Waals surface area contributed by atoms with Crippen molar-refractivity contribution in [2.45, 2.75) is 25.3 Å². The first-order valence-corrected chi connectivity index (χ1v) is 6.78. The van der Waals surface area contributed by atoms with E-state index in [-0.39, 0.29) is 29.5 Å². The fraction of sp³-hybridized carbons (Fsp3) is 0.267. The third-order valence-electron chi connectivity index (χ3n) is 3.81. The third kappa shape index (κ3) is 2.05. The predicted octanol–water partition coefficient (Wildman–Crippen LogP) is 0.350. The third-order valence-corrected chi connectivity index (χ3v) is 3.81. The van der Waals surface area contributed by atoms with Crippen molar-refractivity contribution in [1.29, 1.82) is 5.26 Å². The smallest absolute Gasteiger partial charge is 0.262 e. The maximum absolute atomic E-state index is 12.4. The van der Waals surface area contributed by atoms with Crippen LogP contribution in [0.5, 0.6) is 0 Å². The molecule has 1 aromatic rings. The number of nitrogens with one attached hydrogen (secondary N) is 1. The van der Waals surface area contributed by atoms with Gasteiger partial charge in [0.2, 0.25) is 11.8 Å². The predicted molar refractivity (Wildman–Crippen MR) is 72.4 cm³/mol. The van der Waals surface area contributed by atoms with Gasteiger partial charge in [0.25, 0.3) is 11.8 Å². The highest BCUT2D eigenvalue weighted by molar-refractivity contribution is 6.23. The summed E-state index contributed by atoms with van der Waals surface area (Å²) < 4.78 is 0. The van der Waals surface area contributed by atoms with Gasteiger partial charge in [-0.1, -0.05) is 0 Å². The molecule has 1 fully saturated rings. The van der Waals surface area contributed by atoms with Gasteiger partial charge in [-0.05, 0) is 31.0 Å². The molecule has 1 aromatic carbocycles. The Balaban J connectivity index is 1.98. The van der Waals surface area contributed by atoms with Crippen molar-refractivity contribution < 1.29 is 19.2 Å². The van der Waals surface area contributed by atoms with Gasteiger partial charge in [0.1, 0.15) is 6.04 Å². The van der Waals surface area contributed by atoms with Gasteiger partial charge < -0.3 is 0 Å². The molecule has 0 aromatic heterocycles. The number of carbonyl (C=O) groups is 4. The van der Waals surface area contributed by atoms with Crippen molar-refractivity contribution >= 4 is 23.6 Å². The Labute approximate surface area is 125 Å². The Hall–Kier alpha value is -3.01. The van der Waals surface area contributed by atoms with E-state index in [0.29, 0.717) is 6.42 Å². The van der Waals surface area contributed by atoms with Gasteiger partial charge in [-0.2, -0.15) is 5.26 Å². The molecule has 2 aliphatic heterocycles. The van der Waals surface area contributed by atoms with Crippen molar-refractivity contribution in [2.75, 3.05) is 0 Å². The summed E-state index contributed by atoms with van der Waals surface area (Å²) in [6.07, 6.45) is 0.844. The standard InChI is InChI=1S/C15H11N3O4/c16-7-8-4-5-9-10(6-8)15(22)18(14(9)21)11-2-1-3-12(19)17-13(11)20/h4-6,11H,1-3H2,(H,17,19,20)/t11-/m0/s1. The number of imide groups is 2. The summed E-state index contributed by atoms with van der Waals surface area (Å²) in [5, 5.41) is 11.1. The van der Waals surface area contributed by atoms with E-state index < -0.39 is 29.7 Å². The largest absolute Gasteiger partial charge is 0.295 e. The number of amides is 4. The van der Waals surface area contributed by atoms with E-state index in [1.807, 2.05) is 6.07 Å². The summed E-state index contributed by atoms with van der Waals surface area (Å²) in [4.78, 5) is 49.1. The summed E-state index contributed by atoms with van der Waals surface area (Å²) in [5.74, 6) is -2.22. The minimum atomic E-state index is -0.996. The molecular formula is C15H11N3O4. The quantitative estimate of drug-likeness (QED) is 0.752. The lowest BCUT2D eigenvalue weighted by Crippen LogP contribution is -2.49. The Bertz CT molecular complexity index is 763. The normalized spacial score (nSPS) is 21.2. The van der Waals surface area contributed by atoms with Crippen LogP contribution in [0.15, 0.2) is 18.2 Å². The van der Waals surface area contributed by atoms with Crippen LogP contribution in [-0.2, 0) is 9.59 Å². The summed E-state index contributed by atoms with van der Waals surface area (Å²) >= 11 is 0. The number of carbonyl (C=O) groups excluding carboxylic acids is 4. The van der Waals surface area contributed by atoms with Crippen LogP contribution < -0.4 is 5.32 Å². The molecule has 0 bridgehead atoms. The molecule has 7 nitrogen and oxygen atoms in total. The van der Waals surface area contributed by atoms with E-state index in [2.05, 4.69) is 5.32 Å². The number of nitrogens with zero attached hydrogens (tertiary/aromatic N) is 2. The van der Waals surface area contributed by atoms with E-state index in [9.17, 15) is 19.2 Å². The number of hydrogen-bond donors (Lipinski definition) is 1. The minimum absolute atomic E-state index is 0.118. The zero-order valence-corrected chi connectivity index (χ0v) is 11.5. The first-order valence-electron chi connectivity index (χ1n) is 6.78. The van der Waals surface area contributed by atoms with Crippen LogP contribution in [0.1, 0.15) is 45.5 Å². The van der Waals surface area contributed by atoms with E-state index in [1.165, 1.54) is 18.2 Å². The fourth-order valence-corrected chi connectivity index (χ4v) is 2.73. The van der Waals surface area contributed by atoms with Crippen LogP contribution in [0, 0.1) is 11.3 Å². The number of fused-ring (bicyclic) bond motifs is 1. The van der Waals surface area contributed by atoms with Crippen LogP contribution in [0.3, 0.4) is 0 Å². The number of nitriles is 1. The fourth-order valence-electron chi connectivity index (χ4n) is 2.73. The van der Waals surface area contributed by atoms with Gasteiger partial charge in [0.15, 0.2) is 0 Å². The zero-order valence-electron chi connectivity index (χ0n) is 11.5. The lowest BCUT2D eigenvalue weighted by atomic mass is 10.1. The molecule has 1 atom stereocenters. The Morgan fingerprint density at radius 1 is 1.14 bits per heavy atom. The first-order chi connectivity index (χ1) is 10.5. The summed E-state index contributed by atoms with van der Waals surface area (Å²) in [6.45, 7) is 0. The molecular weight excluding hydrogens is 286 g/mol.